The molecule has 2 aromatic heterocycles. The minimum Gasteiger partial charge on any atom is -0.383 e. The molecule has 7 heteroatoms. The zero-order valence-electron chi connectivity index (χ0n) is 8.26. The molecular weight excluding hydrogens is 294 g/mol. The van der Waals surface area contributed by atoms with Crippen LogP contribution >= 0.6 is 27.3 Å². The highest BCUT2D eigenvalue weighted by atomic mass is 79.9. The summed E-state index contributed by atoms with van der Waals surface area (Å²) >= 11 is 4.85. The van der Waals surface area contributed by atoms with E-state index in [1.165, 1.54) is 11.3 Å². The summed E-state index contributed by atoms with van der Waals surface area (Å²) in [6.07, 6.45) is -0.370. The van der Waals surface area contributed by atoms with Crippen molar-refractivity contribution in [2.24, 2.45) is 5.73 Å². The maximum absolute atomic E-state index is 9.60. The predicted molar refractivity (Wildman–Crippen MR) is 63.9 cm³/mol. The summed E-state index contributed by atoms with van der Waals surface area (Å²) in [5, 5.41) is 15.3. The lowest BCUT2D eigenvalue weighted by atomic mass is 10.2. The highest BCUT2D eigenvalue weighted by molar-refractivity contribution is 9.10. The lowest BCUT2D eigenvalue weighted by Gasteiger charge is -2.00. The Bertz CT molecular complexity index is 471. The van der Waals surface area contributed by atoms with Crippen molar-refractivity contribution in [2.75, 3.05) is 6.54 Å². The Labute approximate surface area is 104 Å². The van der Waals surface area contributed by atoms with Crippen molar-refractivity contribution in [3.8, 4) is 10.7 Å². The summed E-state index contributed by atoms with van der Waals surface area (Å²) in [7, 11) is 0. The van der Waals surface area contributed by atoms with Crippen LogP contribution in [0.25, 0.3) is 10.7 Å². The van der Waals surface area contributed by atoms with E-state index in [0.29, 0.717) is 18.8 Å². The molecule has 2 rings (SSSR count). The summed E-state index contributed by atoms with van der Waals surface area (Å²) in [5.41, 5.74) is 5.33. The van der Waals surface area contributed by atoms with Gasteiger partial charge in [0.15, 0.2) is 0 Å². The van der Waals surface area contributed by atoms with Crippen molar-refractivity contribution in [3.63, 3.8) is 0 Å². The fourth-order valence-corrected chi connectivity index (χ4v) is 2.53. The normalized spacial score (nSPS) is 12.9. The maximum Gasteiger partial charge on any atom is 0.255 e. The van der Waals surface area contributed by atoms with E-state index in [4.69, 9.17) is 10.3 Å². The van der Waals surface area contributed by atoms with E-state index in [9.17, 15) is 5.11 Å². The minimum atomic E-state index is -0.783. The number of aliphatic hydroxyl groups is 1. The van der Waals surface area contributed by atoms with Gasteiger partial charge in [-0.1, -0.05) is 5.16 Å². The molecule has 86 valence electrons. The number of hydrogen-bond acceptors (Lipinski definition) is 6. The van der Waals surface area contributed by atoms with Crippen LogP contribution in [-0.2, 0) is 0 Å². The lowest BCUT2D eigenvalue weighted by molar-refractivity contribution is 0.127. The van der Waals surface area contributed by atoms with Gasteiger partial charge in [-0.05, 0) is 35.0 Å². The van der Waals surface area contributed by atoms with Crippen LogP contribution in [0.3, 0.4) is 0 Å². The SMILES string of the molecule is NCC[C@H](O)c1nc(-c2cc(Br)cs2)no1. The average Bonchev–Trinajstić information content (AvgIpc) is 2.85. The molecule has 0 saturated heterocycles. The molecule has 0 aliphatic carbocycles. The summed E-state index contributed by atoms with van der Waals surface area (Å²) in [5.74, 6) is 0.701. The lowest BCUT2D eigenvalue weighted by Crippen LogP contribution is -2.06. The van der Waals surface area contributed by atoms with Gasteiger partial charge < -0.3 is 15.4 Å². The molecule has 0 aliphatic heterocycles. The second-order valence-corrected chi connectivity index (χ2v) is 5.01. The highest BCUT2D eigenvalue weighted by Gasteiger charge is 2.16. The molecule has 16 heavy (non-hydrogen) atoms. The molecule has 0 aromatic carbocycles. The zero-order valence-corrected chi connectivity index (χ0v) is 10.7. The number of hydrogen-bond donors (Lipinski definition) is 2. The number of nitrogens with two attached hydrogens (primary N) is 1. The van der Waals surface area contributed by atoms with E-state index >= 15 is 0 Å². The Morgan fingerprint density at radius 2 is 2.44 bits per heavy atom. The average molecular weight is 304 g/mol. The Hall–Kier alpha value is -0.760. The van der Waals surface area contributed by atoms with Crippen LogP contribution in [0.1, 0.15) is 18.4 Å². The number of rotatable bonds is 4. The van der Waals surface area contributed by atoms with Crippen LogP contribution in [0.4, 0.5) is 0 Å². The van der Waals surface area contributed by atoms with Crippen molar-refractivity contribution in [3.05, 3.63) is 21.8 Å². The molecule has 1 atom stereocenters. The van der Waals surface area contributed by atoms with Gasteiger partial charge in [-0.3, -0.25) is 0 Å². The second kappa shape index (κ2) is 5.05. The van der Waals surface area contributed by atoms with Crippen LogP contribution in [0.15, 0.2) is 20.4 Å². The first kappa shape index (κ1) is 11.7. The number of thiophene rings is 1. The molecule has 0 bridgehead atoms. The molecule has 3 N–H and O–H groups in total. The third kappa shape index (κ3) is 2.49. The van der Waals surface area contributed by atoms with Crippen molar-refractivity contribution in [1.82, 2.24) is 10.1 Å². The molecular formula is C9H10BrN3O2S. The number of nitrogens with zero attached hydrogens (tertiary/aromatic N) is 2. The van der Waals surface area contributed by atoms with Gasteiger partial charge in [0, 0.05) is 9.85 Å². The molecule has 0 fully saturated rings. The van der Waals surface area contributed by atoms with Crippen LogP contribution < -0.4 is 5.73 Å². The molecule has 2 heterocycles. The number of aromatic nitrogens is 2. The maximum atomic E-state index is 9.60. The third-order valence-electron chi connectivity index (χ3n) is 1.95. The smallest absolute Gasteiger partial charge is 0.255 e. The van der Waals surface area contributed by atoms with Gasteiger partial charge in [0.05, 0.1) is 4.88 Å². The first-order valence-corrected chi connectivity index (χ1v) is 6.34. The number of halogens is 1. The van der Waals surface area contributed by atoms with Crippen LogP contribution in [0.2, 0.25) is 0 Å². The first-order valence-electron chi connectivity index (χ1n) is 4.67. The van der Waals surface area contributed by atoms with Gasteiger partial charge >= 0.3 is 0 Å². The second-order valence-electron chi connectivity index (χ2n) is 3.18. The first-order chi connectivity index (χ1) is 7.70. The Balaban J connectivity index is 2.19. The standard InChI is InChI=1S/C9H10BrN3O2S/c10-5-3-7(16-4-5)8-12-9(15-13-8)6(14)1-2-11/h3-4,6,14H,1-2,11H2/t6-/m0/s1. The van der Waals surface area contributed by atoms with Crippen molar-refractivity contribution < 1.29 is 9.63 Å². The molecule has 0 unspecified atom stereocenters. The Morgan fingerprint density at radius 3 is 3.06 bits per heavy atom. The van der Waals surface area contributed by atoms with E-state index < -0.39 is 6.10 Å². The fourth-order valence-electron chi connectivity index (χ4n) is 1.18. The van der Waals surface area contributed by atoms with Gasteiger partial charge in [-0.25, -0.2) is 0 Å². The Kier molecular flexibility index (Phi) is 3.70. The predicted octanol–water partition coefficient (Wildman–Crippen LogP) is 1.94. The van der Waals surface area contributed by atoms with Crippen LogP contribution in [0, 0.1) is 0 Å². The van der Waals surface area contributed by atoms with E-state index in [2.05, 4.69) is 26.1 Å². The van der Waals surface area contributed by atoms with Crippen LogP contribution in [0.5, 0.6) is 0 Å². The molecule has 5 nitrogen and oxygen atoms in total. The van der Waals surface area contributed by atoms with Crippen LogP contribution in [-0.4, -0.2) is 21.8 Å². The van der Waals surface area contributed by atoms with Gasteiger partial charge in [-0.15, -0.1) is 11.3 Å². The van der Waals surface area contributed by atoms with E-state index in [1.807, 2.05) is 11.4 Å². The van der Waals surface area contributed by atoms with Gasteiger partial charge in [0.25, 0.3) is 5.89 Å². The summed E-state index contributed by atoms with van der Waals surface area (Å²) in [6, 6.07) is 1.90. The van der Waals surface area contributed by atoms with E-state index in [1.54, 1.807) is 0 Å². The van der Waals surface area contributed by atoms with E-state index in [0.717, 1.165) is 9.35 Å². The molecule has 2 aromatic rings. The minimum absolute atomic E-state index is 0.213. The van der Waals surface area contributed by atoms with Gasteiger partial charge in [0.1, 0.15) is 6.10 Å². The largest absolute Gasteiger partial charge is 0.383 e. The zero-order chi connectivity index (χ0) is 11.5. The summed E-state index contributed by atoms with van der Waals surface area (Å²) in [4.78, 5) is 5.01. The van der Waals surface area contributed by atoms with Crippen molar-refractivity contribution >= 4 is 27.3 Å². The molecule has 0 spiro atoms. The van der Waals surface area contributed by atoms with Gasteiger partial charge in [-0.2, -0.15) is 4.98 Å². The Morgan fingerprint density at radius 1 is 1.62 bits per heavy atom. The number of aliphatic hydroxyl groups excluding tert-OH is 1. The molecule has 0 amide bonds. The molecule has 0 radical (unpaired) electrons. The molecule has 0 aliphatic rings. The van der Waals surface area contributed by atoms with E-state index in [-0.39, 0.29) is 5.89 Å². The summed E-state index contributed by atoms with van der Waals surface area (Å²) < 4.78 is 5.94. The third-order valence-corrected chi connectivity index (χ3v) is 3.64. The highest BCUT2D eigenvalue weighted by Crippen LogP contribution is 2.28. The van der Waals surface area contributed by atoms with Crippen molar-refractivity contribution in [2.45, 2.75) is 12.5 Å². The quantitative estimate of drug-likeness (QED) is 0.901. The van der Waals surface area contributed by atoms with Crippen molar-refractivity contribution in [1.29, 1.82) is 0 Å². The fraction of sp³-hybridized carbons (Fsp3) is 0.333. The summed E-state index contributed by atoms with van der Waals surface area (Å²) in [6.45, 7) is 0.378. The van der Waals surface area contributed by atoms with Gasteiger partial charge in [0.2, 0.25) is 5.82 Å². The topological polar surface area (TPSA) is 85.2 Å². The molecule has 0 saturated carbocycles. The monoisotopic (exact) mass is 303 g/mol.